The Morgan fingerprint density at radius 2 is 1.92 bits per heavy atom. The van der Waals surface area contributed by atoms with E-state index in [2.05, 4.69) is 52.8 Å². The molecule has 1 atom stereocenters. The number of para-hydroxylation sites is 1. The van der Waals surface area contributed by atoms with E-state index in [4.69, 9.17) is 4.74 Å². The van der Waals surface area contributed by atoms with Crippen LogP contribution in [-0.4, -0.2) is 74.2 Å². The van der Waals surface area contributed by atoms with Crippen LogP contribution in [-0.2, 0) is 9.53 Å². The number of rotatable bonds is 5. The molecule has 25 heavy (non-hydrogen) atoms. The molecular weight excluding hydrogens is 314 g/mol. The van der Waals surface area contributed by atoms with E-state index in [-0.39, 0.29) is 6.04 Å². The molecule has 1 unspecified atom stereocenters. The minimum absolute atomic E-state index is 0.268. The fourth-order valence-corrected chi connectivity index (χ4v) is 3.89. The maximum absolute atomic E-state index is 12.6. The molecule has 0 aromatic heterocycles. The summed E-state index contributed by atoms with van der Waals surface area (Å²) < 4.78 is 5.37. The number of ether oxygens (including phenoxy) is 1. The van der Waals surface area contributed by atoms with Crippen molar-refractivity contribution in [1.29, 1.82) is 0 Å². The van der Waals surface area contributed by atoms with Crippen molar-refractivity contribution in [1.82, 2.24) is 9.80 Å². The van der Waals surface area contributed by atoms with E-state index in [1.54, 1.807) is 0 Å². The summed E-state index contributed by atoms with van der Waals surface area (Å²) in [6, 6.07) is 8.78. The van der Waals surface area contributed by atoms with E-state index >= 15 is 0 Å². The van der Waals surface area contributed by atoms with E-state index in [9.17, 15) is 4.79 Å². The van der Waals surface area contributed by atoms with Crippen LogP contribution >= 0.6 is 0 Å². The molecule has 0 radical (unpaired) electrons. The summed E-state index contributed by atoms with van der Waals surface area (Å²) >= 11 is 0. The number of aryl methyl sites for hydroxylation is 1. The molecular formula is C20H31N3O2. The molecule has 0 bridgehead atoms. The Balaban J connectivity index is 1.46. The molecule has 1 aromatic carbocycles. The van der Waals surface area contributed by atoms with Crippen molar-refractivity contribution < 1.29 is 9.53 Å². The lowest BCUT2D eigenvalue weighted by Gasteiger charge is -2.41. The predicted molar refractivity (Wildman–Crippen MR) is 101 cm³/mol. The normalized spacial score (nSPS) is 22.2. The maximum atomic E-state index is 12.6. The van der Waals surface area contributed by atoms with E-state index in [0.29, 0.717) is 12.3 Å². The van der Waals surface area contributed by atoms with E-state index in [1.807, 2.05) is 0 Å². The van der Waals surface area contributed by atoms with Crippen LogP contribution in [0.3, 0.4) is 0 Å². The lowest BCUT2D eigenvalue weighted by molar-refractivity contribution is -0.133. The number of piperazine rings is 1. The fraction of sp³-hybridized carbons (Fsp3) is 0.650. The van der Waals surface area contributed by atoms with Crippen LogP contribution in [0.4, 0.5) is 5.69 Å². The molecule has 2 aliphatic heterocycles. The third kappa shape index (κ3) is 4.73. The summed E-state index contributed by atoms with van der Waals surface area (Å²) in [6.07, 6.45) is 1.61. The third-order valence-corrected chi connectivity index (χ3v) is 5.37. The van der Waals surface area contributed by atoms with Gasteiger partial charge in [0.25, 0.3) is 0 Å². The van der Waals surface area contributed by atoms with Gasteiger partial charge in [0.2, 0.25) is 5.91 Å². The van der Waals surface area contributed by atoms with E-state index in [1.165, 1.54) is 11.3 Å². The number of carbonyl (C=O) groups is 1. The summed E-state index contributed by atoms with van der Waals surface area (Å²) in [4.78, 5) is 19.5. The van der Waals surface area contributed by atoms with Gasteiger partial charge in [0, 0.05) is 50.9 Å². The predicted octanol–water partition coefficient (Wildman–Crippen LogP) is 2.14. The van der Waals surface area contributed by atoms with Crippen LogP contribution in [0.15, 0.2) is 24.3 Å². The van der Waals surface area contributed by atoms with Gasteiger partial charge in [-0.25, -0.2) is 0 Å². The Kier molecular flexibility index (Phi) is 6.32. The highest BCUT2D eigenvalue weighted by Gasteiger charge is 2.27. The van der Waals surface area contributed by atoms with Crippen molar-refractivity contribution in [3.05, 3.63) is 29.8 Å². The zero-order valence-corrected chi connectivity index (χ0v) is 15.6. The second-order valence-corrected chi connectivity index (χ2v) is 7.23. The van der Waals surface area contributed by atoms with Crippen molar-refractivity contribution in [3.63, 3.8) is 0 Å². The van der Waals surface area contributed by atoms with Gasteiger partial charge in [-0.15, -0.1) is 0 Å². The first-order valence-electron chi connectivity index (χ1n) is 9.55. The van der Waals surface area contributed by atoms with Crippen molar-refractivity contribution in [2.24, 2.45) is 0 Å². The highest BCUT2D eigenvalue weighted by atomic mass is 16.5. The third-order valence-electron chi connectivity index (χ3n) is 5.37. The van der Waals surface area contributed by atoms with Gasteiger partial charge in [0.15, 0.2) is 0 Å². The Morgan fingerprint density at radius 1 is 1.16 bits per heavy atom. The lowest BCUT2D eigenvalue weighted by Crippen LogP contribution is -2.54. The largest absolute Gasteiger partial charge is 0.379 e. The first-order chi connectivity index (χ1) is 12.1. The molecule has 2 aliphatic rings. The smallest absolute Gasteiger partial charge is 0.222 e. The highest BCUT2D eigenvalue weighted by molar-refractivity contribution is 5.77. The molecule has 5 nitrogen and oxygen atoms in total. The molecule has 3 rings (SSSR count). The van der Waals surface area contributed by atoms with Gasteiger partial charge < -0.3 is 14.5 Å². The van der Waals surface area contributed by atoms with Crippen molar-refractivity contribution in [3.8, 4) is 0 Å². The molecule has 1 aromatic rings. The standard InChI is InChI=1S/C20H31N3O2/c1-17-6-3-4-7-19(17)22-10-11-23(18(2)16-22)20(24)8-5-9-21-12-14-25-15-13-21/h3-4,6-7,18H,5,8-16H2,1-2H3. The SMILES string of the molecule is Cc1ccccc1N1CCN(C(=O)CCCN2CCOCC2)C(C)C1. The van der Waals surface area contributed by atoms with Gasteiger partial charge >= 0.3 is 0 Å². The Labute approximate surface area is 151 Å². The molecule has 2 fully saturated rings. The van der Waals surface area contributed by atoms with Gasteiger partial charge in [0.05, 0.1) is 13.2 Å². The molecule has 2 saturated heterocycles. The molecule has 138 valence electrons. The van der Waals surface area contributed by atoms with Gasteiger partial charge in [-0.2, -0.15) is 0 Å². The number of hydrogen-bond acceptors (Lipinski definition) is 4. The fourth-order valence-electron chi connectivity index (χ4n) is 3.89. The van der Waals surface area contributed by atoms with Gasteiger partial charge in [-0.3, -0.25) is 9.69 Å². The number of anilines is 1. The average molecular weight is 345 g/mol. The van der Waals surface area contributed by atoms with Crippen molar-refractivity contribution in [2.45, 2.75) is 32.7 Å². The van der Waals surface area contributed by atoms with E-state index < -0.39 is 0 Å². The quantitative estimate of drug-likeness (QED) is 0.819. The molecule has 0 spiro atoms. The zero-order valence-electron chi connectivity index (χ0n) is 15.6. The van der Waals surface area contributed by atoms with Crippen LogP contribution < -0.4 is 4.90 Å². The van der Waals surface area contributed by atoms with Crippen molar-refractivity contribution in [2.75, 3.05) is 57.4 Å². The molecule has 0 saturated carbocycles. The minimum Gasteiger partial charge on any atom is -0.379 e. The van der Waals surface area contributed by atoms with E-state index in [0.717, 1.165) is 58.9 Å². The number of amides is 1. The zero-order chi connectivity index (χ0) is 17.6. The molecule has 2 heterocycles. The minimum atomic E-state index is 0.268. The Bertz CT molecular complexity index is 572. The van der Waals surface area contributed by atoms with Crippen LogP contribution in [0.1, 0.15) is 25.3 Å². The van der Waals surface area contributed by atoms with Crippen LogP contribution in [0.2, 0.25) is 0 Å². The Hall–Kier alpha value is -1.59. The number of carbonyl (C=O) groups excluding carboxylic acids is 1. The van der Waals surface area contributed by atoms with Crippen LogP contribution in [0.25, 0.3) is 0 Å². The first kappa shape index (κ1) is 18.2. The van der Waals surface area contributed by atoms with Gasteiger partial charge in [-0.05, 0) is 38.4 Å². The second-order valence-electron chi connectivity index (χ2n) is 7.23. The summed E-state index contributed by atoms with van der Waals surface area (Å²) in [5.41, 5.74) is 2.61. The first-order valence-corrected chi connectivity index (χ1v) is 9.55. The van der Waals surface area contributed by atoms with Crippen LogP contribution in [0, 0.1) is 6.92 Å². The van der Waals surface area contributed by atoms with Gasteiger partial charge in [-0.1, -0.05) is 18.2 Å². The topological polar surface area (TPSA) is 36.0 Å². The van der Waals surface area contributed by atoms with Crippen LogP contribution in [0.5, 0.6) is 0 Å². The Morgan fingerprint density at radius 3 is 2.64 bits per heavy atom. The summed E-state index contributed by atoms with van der Waals surface area (Å²) in [5, 5.41) is 0. The summed E-state index contributed by atoms with van der Waals surface area (Å²) in [7, 11) is 0. The number of hydrogen-bond donors (Lipinski definition) is 0. The maximum Gasteiger partial charge on any atom is 0.222 e. The molecule has 5 heteroatoms. The number of nitrogens with zero attached hydrogens (tertiary/aromatic N) is 3. The highest BCUT2D eigenvalue weighted by Crippen LogP contribution is 2.23. The average Bonchev–Trinajstić information content (AvgIpc) is 2.63. The number of morpholine rings is 1. The summed E-state index contributed by atoms with van der Waals surface area (Å²) in [6.45, 7) is 11.6. The molecule has 0 N–H and O–H groups in total. The van der Waals surface area contributed by atoms with Gasteiger partial charge in [0.1, 0.15) is 0 Å². The molecule has 1 amide bonds. The summed E-state index contributed by atoms with van der Waals surface area (Å²) in [5.74, 6) is 0.310. The molecule has 0 aliphatic carbocycles. The monoisotopic (exact) mass is 345 g/mol. The number of benzene rings is 1. The van der Waals surface area contributed by atoms with Crippen molar-refractivity contribution >= 4 is 11.6 Å². The second kappa shape index (κ2) is 8.68. The lowest BCUT2D eigenvalue weighted by atomic mass is 10.1.